The molecule has 2 heterocycles. The monoisotopic (exact) mass is 282 g/mol. The lowest BCUT2D eigenvalue weighted by Gasteiger charge is -2.39. The van der Waals surface area contributed by atoms with Gasteiger partial charge in [-0.2, -0.15) is 0 Å². The molecule has 20 heavy (non-hydrogen) atoms. The summed E-state index contributed by atoms with van der Waals surface area (Å²) in [6, 6.07) is 0. The van der Waals surface area contributed by atoms with Gasteiger partial charge < -0.3 is 14.5 Å². The van der Waals surface area contributed by atoms with E-state index in [1.807, 2.05) is 30.6 Å². The molecule has 2 amide bonds. The SMILES string of the molecule is CCC(C)(C)C(=O)N1CCN(C(=O)C2CCCO2)CC1. The third kappa shape index (κ3) is 3.14. The fourth-order valence-corrected chi connectivity index (χ4v) is 2.69. The highest BCUT2D eigenvalue weighted by Gasteiger charge is 2.35. The summed E-state index contributed by atoms with van der Waals surface area (Å²) in [5, 5.41) is 0. The molecule has 2 aliphatic heterocycles. The average Bonchev–Trinajstić information content (AvgIpc) is 3.00. The maximum absolute atomic E-state index is 12.4. The van der Waals surface area contributed by atoms with Gasteiger partial charge in [-0.15, -0.1) is 0 Å². The molecule has 114 valence electrons. The van der Waals surface area contributed by atoms with E-state index in [1.54, 1.807) is 0 Å². The number of amides is 2. The van der Waals surface area contributed by atoms with E-state index in [0.717, 1.165) is 19.3 Å². The minimum atomic E-state index is -0.305. The summed E-state index contributed by atoms with van der Waals surface area (Å²) in [4.78, 5) is 28.3. The van der Waals surface area contributed by atoms with Gasteiger partial charge in [-0.25, -0.2) is 0 Å². The van der Waals surface area contributed by atoms with Crippen LogP contribution in [0.25, 0.3) is 0 Å². The third-order valence-corrected chi connectivity index (χ3v) is 4.55. The van der Waals surface area contributed by atoms with Crippen LogP contribution in [0.15, 0.2) is 0 Å². The largest absolute Gasteiger partial charge is 0.368 e. The van der Waals surface area contributed by atoms with Crippen molar-refractivity contribution in [3.8, 4) is 0 Å². The lowest BCUT2D eigenvalue weighted by Crippen LogP contribution is -2.55. The predicted molar refractivity (Wildman–Crippen MR) is 76.2 cm³/mol. The fraction of sp³-hybridized carbons (Fsp3) is 0.867. The molecular formula is C15H26N2O3. The molecule has 0 aliphatic carbocycles. The van der Waals surface area contributed by atoms with Crippen molar-refractivity contribution < 1.29 is 14.3 Å². The molecule has 0 saturated carbocycles. The highest BCUT2D eigenvalue weighted by molar-refractivity contribution is 5.83. The number of ether oxygens (including phenoxy) is 1. The van der Waals surface area contributed by atoms with Crippen LogP contribution in [0.5, 0.6) is 0 Å². The summed E-state index contributed by atoms with van der Waals surface area (Å²) in [7, 11) is 0. The Bertz CT molecular complexity index is 367. The molecule has 1 unspecified atom stereocenters. The molecule has 0 aromatic heterocycles. The Morgan fingerprint density at radius 2 is 1.75 bits per heavy atom. The summed E-state index contributed by atoms with van der Waals surface area (Å²) >= 11 is 0. The van der Waals surface area contributed by atoms with Gasteiger partial charge >= 0.3 is 0 Å². The molecule has 2 aliphatic rings. The van der Waals surface area contributed by atoms with E-state index in [9.17, 15) is 9.59 Å². The zero-order valence-corrected chi connectivity index (χ0v) is 12.9. The molecular weight excluding hydrogens is 256 g/mol. The Labute approximate surface area is 121 Å². The van der Waals surface area contributed by atoms with E-state index in [2.05, 4.69) is 0 Å². The first-order valence-corrected chi connectivity index (χ1v) is 7.65. The first-order valence-electron chi connectivity index (χ1n) is 7.65. The first kappa shape index (κ1) is 15.3. The van der Waals surface area contributed by atoms with Crippen molar-refractivity contribution in [1.29, 1.82) is 0 Å². The molecule has 5 heteroatoms. The van der Waals surface area contributed by atoms with E-state index >= 15 is 0 Å². The number of nitrogens with zero attached hydrogens (tertiary/aromatic N) is 2. The zero-order chi connectivity index (χ0) is 14.8. The average molecular weight is 282 g/mol. The first-order chi connectivity index (χ1) is 9.45. The van der Waals surface area contributed by atoms with Crippen LogP contribution in [0, 0.1) is 5.41 Å². The second-order valence-corrected chi connectivity index (χ2v) is 6.36. The molecule has 2 fully saturated rings. The molecule has 5 nitrogen and oxygen atoms in total. The Balaban J connectivity index is 1.86. The highest BCUT2D eigenvalue weighted by atomic mass is 16.5. The number of carbonyl (C=O) groups is 2. The summed E-state index contributed by atoms with van der Waals surface area (Å²) in [6.45, 7) is 9.24. The van der Waals surface area contributed by atoms with Crippen LogP contribution in [0.1, 0.15) is 40.0 Å². The van der Waals surface area contributed by atoms with E-state index in [-0.39, 0.29) is 23.3 Å². The normalized spacial score (nSPS) is 24.1. The third-order valence-electron chi connectivity index (χ3n) is 4.55. The summed E-state index contributed by atoms with van der Waals surface area (Å²) in [5.74, 6) is 0.300. The second kappa shape index (κ2) is 6.12. The Kier molecular flexibility index (Phi) is 4.68. The van der Waals surface area contributed by atoms with Crippen molar-refractivity contribution in [2.24, 2.45) is 5.41 Å². The van der Waals surface area contributed by atoms with Crippen LogP contribution in [-0.4, -0.2) is 60.5 Å². The van der Waals surface area contributed by atoms with E-state index in [1.165, 1.54) is 0 Å². The van der Waals surface area contributed by atoms with Crippen LogP contribution in [0.3, 0.4) is 0 Å². The van der Waals surface area contributed by atoms with Gasteiger partial charge in [0.1, 0.15) is 6.10 Å². The Morgan fingerprint density at radius 1 is 1.15 bits per heavy atom. The van der Waals surface area contributed by atoms with Crippen molar-refractivity contribution in [1.82, 2.24) is 9.80 Å². The maximum atomic E-state index is 12.4. The van der Waals surface area contributed by atoms with Gasteiger partial charge in [-0.1, -0.05) is 20.8 Å². The molecule has 2 saturated heterocycles. The van der Waals surface area contributed by atoms with Gasteiger partial charge in [0.2, 0.25) is 5.91 Å². The van der Waals surface area contributed by atoms with Crippen LogP contribution >= 0.6 is 0 Å². The maximum Gasteiger partial charge on any atom is 0.251 e. The lowest BCUT2D eigenvalue weighted by atomic mass is 9.88. The molecule has 0 aromatic carbocycles. The van der Waals surface area contributed by atoms with Gasteiger partial charge in [0, 0.05) is 38.2 Å². The van der Waals surface area contributed by atoms with Crippen molar-refractivity contribution in [2.75, 3.05) is 32.8 Å². The van der Waals surface area contributed by atoms with Crippen LogP contribution in [0.2, 0.25) is 0 Å². The molecule has 0 aromatic rings. The van der Waals surface area contributed by atoms with Gasteiger partial charge in [0.05, 0.1) is 0 Å². The Morgan fingerprint density at radius 3 is 2.25 bits per heavy atom. The standard InChI is InChI=1S/C15H26N2O3/c1-4-15(2,3)14(19)17-9-7-16(8-10-17)13(18)12-6-5-11-20-12/h12H,4-11H2,1-3H3. The fourth-order valence-electron chi connectivity index (χ4n) is 2.69. The quantitative estimate of drug-likeness (QED) is 0.783. The van der Waals surface area contributed by atoms with Crippen molar-refractivity contribution in [2.45, 2.75) is 46.1 Å². The topological polar surface area (TPSA) is 49.9 Å². The number of hydrogen-bond acceptors (Lipinski definition) is 3. The van der Waals surface area contributed by atoms with E-state index < -0.39 is 0 Å². The summed E-state index contributed by atoms with van der Waals surface area (Å²) in [5.41, 5.74) is -0.305. The molecule has 0 spiro atoms. The molecule has 0 N–H and O–H groups in total. The predicted octanol–water partition coefficient (Wildman–Crippen LogP) is 1.27. The van der Waals surface area contributed by atoms with Gasteiger partial charge in [0.25, 0.3) is 5.91 Å². The zero-order valence-electron chi connectivity index (χ0n) is 12.9. The van der Waals surface area contributed by atoms with E-state index in [4.69, 9.17) is 4.74 Å². The number of rotatable bonds is 3. The molecule has 2 rings (SSSR count). The van der Waals surface area contributed by atoms with Crippen LogP contribution < -0.4 is 0 Å². The minimum Gasteiger partial charge on any atom is -0.368 e. The number of hydrogen-bond donors (Lipinski definition) is 0. The van der Waals surface area contributed by atoms with E-state index in [0.29, 0.717) is 32.8 Å². The second-order valence-electron chi connectivity index (χ2n) is 6.36. The lowest BCUT2D eigenvalue weighted by molar-refractivity contribution is -0.149. The van der Waals surface area contributed by atoms with Crippen molar-refractivity contribution in [3.63, 3.8) is 0 Å². The van der Waals surface area contributed by atoms with Gasteiger partial charge in [-0.3, -0.25) is 9.59 Å². The van der Waals surface area contributed by atoms with Crippen molar-refractivity contribution >= 4 is 11.8 Å². The highest BCUT2D eigenvalue weighted by Crippen LogP contribution is 2.24. The molecule has 1 atom stereocenters. The Hall–Kier alpha value is -1.10. The van der Waals surface area contributed by atoms with Gasteiger partial charge in [-0.05, 0) is 19.3 Å². The summed E-state index contributed by atoms with van der Waals surface area (Å²) in [6.07, 6.45) is 2.39. The van der Waals surface area contributed by atoms with Crippen LogP contribution in [-0.2, 0) is 14.3 Å². The minimum absolute atomic E-state index is 0.101. The van der Waals surface area contributed by atoms with Gasteiger partial charge in [0.15, 0.2) is 0 Å². The smallest absolute Gasteiger partial charge is 0.251 e. The van der Waals surface area contributed by atoms with Crippen LogP contribution in [0.4, 0.5) is 0 Å². The number of carbonyl (C=O) groups excluding carboxylic acids is 2. The van der Waals surface area contributed by atoms with Crippen molar-refractivity contribution in [3.05, 3.63) is 0 Å². The number of piperazine rings is 1. The molecule has 0 bridgehead atoms. The molecule has 0 radical (unpaired) electrons. The summed E-state index contributed by atoms with van der Waals surface area (Å²) < 4.78 is 5.44.